The third-order valence-electron chi connectivity index (χ3n) is 3.88. The molecule has 6 heteroatoms. The second-order valence-corrected chi connectivity index (χ2v) is 7.21. The van der Waals surface area contributed by atoms with Crippen molar-refractivity contribution in [1.29, 1.82) is 0 Å². The summed E-state index contributed by atoms with van der Waals surface area (Å²) < 4.78 is 48.5. The summed E-state index contributed by atoms with van der Waals surface area (Å²) in [5.74, 6) is -3.40. The molecule has 1 aromatic carbocycles. The van der Waals surface area contributed by atoms with E-state index >= 15 is 0 Å². The van der Waals surface area contributed by atoms with Crippen molar-refractivity contribution in [2.24, 2.45) is 5.41 Å². The molecule has 0 aliphatic heterocycles. The first-order valence-corrected chi connectivity index (χ1v) is 7.70. The quantitative estimate of drug-likeness (QED) is 0.904. The van der Waals surface area contributed by atoms with Crippen LogP contribution in [0.4, 0.5) is 14.5 Å². The second kappa shape index (κ2) is 4.74. The number of hydrogen-bond donors (Lipinski definition) is 1. The monoisotopic (exact) mass is 289 g/mol. The molecule has 1 saturated carbocycles. The van der Waals surface area contributed by atoms with Crippen LogP contribution >= 0.6 is 0 Å². The first kappa shape index (κ1) is 14.2. The molecule has 1 fully saturated rings. The maximum atomic E-state index is 12.6. The fraction of sp³-hybridized carbons (Fsp3) is 0.538. The van der Waals surface area contributed by atoms with Crippen LogP contribution in [0.25, 0.3) is 0 Å². The molecule has 1 aliphatic carbocycles. The molecular formula is C13H17F2NO2S. The molecule has 1 aliphatic rings. The molecule has 106 valence electrons. The first-order chi connectivity index (χ1) is 8.77. The Morgan fingerprint density at radius 1 is 1.26 bits per heavy atom. The van der Waals surface area contributed by atoms with Gasteiger partial charge in [-0.05, 0) is 37.3 Å². The number of nitrogens with one attached hydrogen (secondary N) is 1. The molecule has 2 rings (SSSR count). The highest BCUT2D eigenvalue weighted by Gasteiger charge is 2.43. The number of rotatable bonds is 5. The van der Waals surface area contributed by atoms with E-state index in [1.807, 2.05) is 6.92 Å². The number of benzene rings is 1. The Hall–Kier alpha value is -1.17. The third-order valence-corrected chi connectivity index (χ3v) is 5.32. The standard InChI is InChI=1S/C13H17F2NO2S/c1-9(13(2)7-8-13)16-10-5-3-4-6-11(10)19(17,18)12(14)15/h3-6,9,12,16H,7-8H2,1-2H3. The zero-order valence-corrected chi connectivity index (χ0v) is 11.7. The fourth-order valence-corrected chi connectivity index (χ4v) is 2.86. The average molecular weight is 289 g/mol. The Labute approximate surface area is 111 Å². The summed E-state index contributed by atoms with van der Waals surface area (Å²) in [6.07, 6.45) is 2.12. The summed E-state index contributed by atoms with van der Waals surface area (Å²) in [6, 6.07) is 5.86. The number of sulfone groups is 1. The molecule has 1 aromatic rings. The van der Waals surface area contributed by atoms with Gasteiger partial charge in [-0.15, -0.1) is 0 Å². The van der Waals surface area contributed by atoms with Crippen LogP contribution in [0, 0.1) is 5.41 Å². The van der Waals surface area contributed by atoms with Crippen LogP contribution in [0.1, 0.15) is 26.7 Å². The lowest BCUT2D eigenvalue weighted by Crippen LogP contribution is -2.26. The zero-order valence-electron chi connectivity index (χ0n) is 10.9. The number of alkyl halides is 2. The Balaban J connectivity index is 2.32. The van der Waals surface area contributed by atoms with E-state index in [0.717, 1.165) is 12.8 Å². The lowest BCUT2D eigenvalue weighted by Gasteiger charge is -2.23. The largest absolute Gasteiger partial charge is 0.381 e. The molecule has 0 radical (unpaired) electrons. The highest BCUT2D eigenvalue weighted by Crippen LogP contribution is 2.49. The van der Waals surface area contributed by atoms with Crippen molar-refractivity contribution >= 4 is 15.5 Å². The summed E-state index contributed by atoms with van der Waals surface area (Å²) in [7, 11) is -4.57. The van der Waals surface area contributed by atoms with Gasteiger partial charge in [-0.25, -0.2) is 8.42 Å². The van der Waals surface area contributed by atoms with E-state index in [-0.39, 0.29) is 22.0 Å². The fourth-order valence-electron chi connectivity index (χ4n) is 1.97. The Morgan fingerprint density at radius 2 is 1.84 bits per heavy atom. The minimum Gasteiger partial charge on any atom is -0.381 e. The highest BCUT2D eigenvalue weighted by atomic mass is 32.2. The van der Waals surface area contributed by atoms with Crippen LogP contribution in [0.2, 0.25) is 0 Å². The van der Waals surface area contributed by atoms with Crippen molar-refractivity contribution in [2.75, 3.05) is 5.32 Å². The van der Waals surface area contributed by atoms with E-state index in [9.17, 15) is 17.2 Å². The van der Waals surface area contributed by atoms with Gasteiger partial charge in [0.25, 0.3) is 0 Å². The smallest absolute Gasteiger partial charge is 0.341 e. The normalized spacial score (nSPS) is 19.2. The van der Waals surface area contributed by atoms with Crippen molar-refractivity contribution in [1.82, 2.24) is 0 Å². The maximum Gasteiger partial charge on any atom is 0.341 e. The van der Waals surface area contributed by atoms with E-state index < -0.39 is 15.6 Å². The highest BCUT2D eigenvalue weighted by molar-refractivity contribution is 7.91. The lowest BCUT2D eigenvalue weighted by atomic mass is 10.0. The van der Waals surface area contributed by atoms with Crippen LogP contribution in [0.15, 0.2) is 29.2 Å². The SMILES string of the molecule is CC(Nc1ccccc1S(=O)(=O)C(F)F)C1(C)CC1. The predicted molar refractivity (Wildman–Crippen MR) is 70.1 cm³/mol. The van der Waals surface area contributed by atoms with E-state index in [2.05, 4.69) is 12.2 Å². The molecule has 1 N–H and O–H groups in total. The molecule has 1 atom stereocenters. The number of para-hydroxylation sites is 1. The Bertz CT molecular complexity index is 568. The third kappa shape index (κ3) is 2.73. The number of halogens is 2. The number of hydrogen-bond acceptors (Lipinski definition) is 3. The molecule has 0 aromatic heterocycles. The molecule has 19 heavy (non-hydrogen) atoms. The van der Waals surface area contributed by atoms with Gasteiger partial charge in [-0.3, -0.25) is 0 Å². The molecule has 0 saturated heterocycles. The molecule has 0 spiro atoms. The maximum absolute atomic E-state index is 12.6. The molecule has 0 amide bonds. The van der Waals surface area contributed by atoms with E-state index in [4.69, 9.17) is 0 Å². The summed E-state index contributed by atoms with van der Waals surface area (Å²) in [5.41, 5.74) is 0.380. The van der Waals surface area contributed by atoms with Crippen LogP contribution in [0.5, 0.6) is 0 Å². The van der Waals surface area contributed by atoms with Gasteiger partial charge in [-0.2, -0.15) is 8.78 Å². The first-order valence-electron chi connectivity index (χ1n) is 6.15. The summed E-state index contributed by atoms with van der Waals surface area (Å²) in [5, 5.41) is 3.06. The van der Waals surface area contributed by atoms with Gasteiger partial charge in [0.15, 0.2) is 0 Å². The minimum atomic E-state index is -4.57. The van der Waals surface area contributed by atoms with E-state index in [0.29, 0.717) is 0 Å². The van der Waals surface area contributed by atoms with Gasteiger partial charge >= 0.3 is 5.76 Å². The predicted octanol–water partition coefficient (Wildman–Crippen LogP) is 3.28. The molecule has 3 nitrogen and oxygen atoms in total. The van der Waals surface area contributed by atoms with Gasteiger partial charge < -0.3 is 5.32 Å². The summed E-state index contributed by atoms with van der Waals surface area (Å²) in [6.45, 7) is 4.04. The van der Waals surface area contributed by atoms with Gasteiger partial charge in [0.2, 0.25) is 9.84 Å². The average Bonchev–Trinajstić information content (AvgIpc) is 3.09. The Kier molecular flexibility index (Phi) is 3.55. The van der Waals surface area contributed by atoms with Crippen molar-refractivity contribution in [3.8, 4) is 0 Å². The van der Waals surface area contributed by atoms with Gasteiger partial charge in [0.1, 0.15) is 0 Å². The van der Waals surface area contributed by atoms with Crippen molar-refractivity contribution in [2.45, 2.75) is 43.4 Å². The van der Waals surface area contributed by atoms with E-state index in [1.165, 1.54) is 18.2 Å². The van der Waals surface area contributed by atoms with Crippen molar-refractivity contribution in [3.63, 3.8) is 0 Å². The number of anilines is 1. The second-order valence-electron chi connectivity index (χ2n) is 5.32. The molecule has 0 bridgehead atoms. The van der Waals surface area contributed by atoms with Gasteiger partial charge in [0.05, 0.1) is 10.6 Å². The summed E-state index contributed by atoms with van der Waals surface area (Å²) >= 11 is 0. The van der Waals surface area contributed by atoms with Crippen LogP contribution in [-0.4, -0.2) is 20.2 Å². The van der Waals surface area contributed by atoms with Gasteiger partial charge in [0, 0.05) is 6.04 Å². The van der Waals surface area contributed by atoms with Gasteiger partial charge in [-0.1, -0.05) is 19.1 Å². The van der Waals surface area contributed by atoms with Crippen LogP contribution in [0.3, 0.4) is 0 Å². The Morgan fingerprint density at radius 3 is 2.37 bits per heavy atom. The van der Waals surface area contributed by atoms with E-state index in [1.54, 1.807) is 6.07 Å². The van der Waals surface area contributed by atoms with Crippen molar-refractivity contribution in [3.05, 3.63) is 24.3 Å². The molecular weight excluding hydrogens is 272 g/mol. The molecule has 1 unspecified atom stereocenters. The van der Waals surface area contributed by atoms with Crippen LogP contribution in [-0.2, 0) is 9.84 Å². The topological polar surface area (TPSA) is 46.2 Å². The summed E-state index contributed by atoms with van der Waals surface area (Å²) in [4.78, 5) is -0.332. The van der Waals surface area contributed by atoms with Crippen molar-refractivity contribution < 1.29 is 17.2 Å². The van der Waals surface area contributed by atoms with Crippen LogP contribution < -0.4 is 5.32 Å². The lowest BCUT2D eigenvalue weighted by molar-refractivity contribution is 0.235. The molecule has 0 heterocycles. The zero-order chi connectivity index (χ0) is 14.3. The minimum absolute atomic E-state index is 0.0431.